The molecule has 1 saturated heterocycles. The zero-order chi connectivity index (χ0) is 36.7. The molecule has 2 saturated carbocycles. The van der Waals surface area contributed by atoms with Gasteiger partial charge in [0.25, 0.3) is 5.91 Å². The van der Waals surface area contributed by atoms with Gasteiger partial charge in [-0.1, -0.05) is 50.8 Å². The summed E-state index contributed by atoms with van der Waals surface area (Å²) in [6, 6.07) is 3.37. The smallest absolute Gasteiger partial charge is 0.410 e. The first-order valence-electron chi connectivity index (χ1n) is 17.4. The van der Waals surface area contributed by atoms with Crippen molar-refractivity contribution in [3.05, 3.63) is 47.5 Å². The highest BCUT2D eigenvalue weighted by Gasteiger charge is 2.62. The van der Waals surface area contributed by atoms with Gasteiger partial charge < -0.3 is 25.0 Å². The molecular formula is C36H45N5O9S. The number of nitrogens with zero attached hydrogens (tertiary/aromatic N) is 2. The number of cyclic esters (lactones) is 1. The standard InChI is InChI=1S/C36H45N5O9S/c1-5-24-18-36(24,32(44)39-51(47,48)26-14-15-26)38-30(42)28-17-25-20-41(28)31(43)29(35(2,3)4)37-33(45)49-16-9-7-6-8-11-22-12-10-13-23-19-40(21-27(22)23)34(46)50-25/h5,10,12-13,24-26,28-29H,1,6-7,9,14-21H2,2-4H3,(H,37,45)(H,38,42)(H,39,44)/t24-,25?,28+,29-,36+/m1/s1. The largest absolute Gasteiger partial charge is 0.450 e. The molecule has 3 aliphatic heterocycles. The lowest BCUT2D eigenvalue weighted by atomic mass is 9.85. The monoisotopic (exact) mass is 723 g/mol. The fourth-order valence-corrected chi connectivity index (χ4v) is 8.26. The Kier molecular flexibility index (Phi) is 9.84. The van der Waals surface area contributed by atoms with Crippen LogP contribution in [0.1, 0.15) is 82.4 Å². The number of nitrogens with one attached hydrogen (secondary N) is 3. The third-order valence-electron chi connectivity index (χ3n) is 10.1. The Labute approximate surface area is 298 Å². The van der Waals surface area contributed by atoms with Crippen molar-refractivity contribution in [3.63, 3.8) is 0 Å². The number of carbonyl (C=O) groups is 5. The van der Waals surface area contributed by atoms with Gasteiger partial charge in [0.05, 0.1) is 24.9 Å². The predicted octanol–water partition coefficient (Wildman–Crippen LogP) is 2.45. The van der Waals surface area contributed by atoms with Crippen LogP contribution in [0.25, 0.3) is 0 Å². The summed E-state index contributed by atoms with van der Waals surface area (Å²) in [7, 11) is -3.91. The van der Waals surface area contributed by atoms with Gasteiger partial charge in [-0.05, 0) is 54.7 Å². The Morgan fingerprint density at radius 3 is 2.59 bits per heavy atom. The van der Waals surface area contributed by atoms with E-state index in [9.17, 15) is 32.4 Å². The third-order valence-corrected chi connectivity index (χ3v) is 12.0. The first kappa shape index (κ1) is 36.2. The lowest BCUT2D eigenvalue weighted by Crippen LogP contribution is -2.60. The molecule has 5 atom stereocenters. The number of hydrogen-bond donors (Lipinski definition) is 3. The minimum Gasteiger partial charge on any atom is -0.450 e. The second kappa shape index (κ2) is 13.9. The van der Waals surface area contributed by atoms with Gasteiger partial charge in [-0.15, -0.1) is 6.58 Å². The van der Waals surface area contributed by atoms with E-state index in [1.165, 1.54) is 11.0 Å². The number of benzene rings is 1. The van der Waals surface area contributed by atoms with Gasteiger partial charge >= 0.3 is 12.2 Å². The van der Waals surface area contributed by atoms with Crippen LogP contribution in [0, 0.1) is 23.2 Å². The van der Waals surface area contributed by atoms with Crippen LogP contribution in [0.5, 0.6) is 0 Å². The molecule has 0 radical (unpaired) electrons. The molecule has 14 nitrogen and oxygen atoms in total. The molecule has 51 heavy (non-hydrogen) atoms. The lowest BCUT2D eigenvalue weighted by Gasteiger charge is -2.35. The number of sulfonamides is 1. The Bertz CT molecular complexity index is 1810. The molecular weight excluding hydrogens is 678 g/mol. The van der Waals surface area contributed by atoms with Crippen molar-refractivity contribution in [1.82, 2.24) is 25.2 Å². The molecule has 0 spiro atoms. The Hall–Kier alpha value is -4.58. The van der Waals surface area contributed by atoms with Crippen molar-refractivity contribution in [1.29, 1.82) is 0 Å². The van der Waals surface area contributed by atoms with E-state index < -0.39 is 80.2 Å². The van der Waals surface area contributed by atoms with E-state index in [4.69, 9.17) is 9.47 Å². The summed E-state index contributed by atoms with van der Waals surface area (Å²) >= 11 is 0. The van der Waals surface area contributed by atoms with Gasteiger partial charge in [0, 0.05) is 30.9 Å². The maximum absolute atomic E-state index is 14.3. The molecule has 1 aromatic carbocycles. The zero-order valence-electron chi connectivity index (χ0n) is 29.2. The third kappa shape index (κ3) is 7.71. The van der Waals surface area contributed by atoms with Crippen LogP contribution in [0.2, 0.25) is 0 Å². The fourth-order valence-electron chi connectivity index (χ4n) is 6.89. The SMILES string of the molecule is C=C[C@@H]1C[C@@]1(NC(=O)[C@@H]1CC2CN1C(=O)[C@H](C(C)(C)C)NC(=O)OCCCCC#Cc1cccc3c1CN(C3)C(=O)O2)C(=O)NS(=O)(=O)C1CC1. The number of alkyl carbamates (subject to hydrolysis) is 1. The number of fused-ring (bicyclic) bond motifs is 3. The summed E-state index contributed by atoms with van der Waals surface area (Å²) in [5.74, 6) is 3.62. The number of rotatable bonds is 6. The molecule has 1 unspecified atom stereocenters. The molecule has 4 bridgehead atoms. The molecule has 5 aliphatic rings. The summed E-state index contributed by atoms with van der Waals surface area (Å²) in [6.07, 6.45) is 1.88. The van der Waals surface area contributed by atoms with E-state index in [0.29, 0.717) is 38.6 Å². The van der Waals surface area contributed by atoms with Crippen LogP contribution in [0.3, 0.4) is 0 Å². The van der Waals surface area contributed by atoms with E-state index in [1.807, 2.05) is 18.2 Å². The molecule has 0 aromatic heterocycles. The van der Waals surface area contributed by atoms with Crippen LogP contribution in [0.15, 0.2) is 30.9 Å². The minimum atomic E-state index is -3.91. The van der Waals surface area contributed by atoms with Crippen molar-refractivity contribution >= 4 is 39.9 Å². The highest BCUT2D eigenvalue weighted by atomic mass is 32.2. The van der Waals surface area contributed by atoms with Crippen LogP contribution in [-0.2, 0) is 47.0 Å². The van der Waals surface area contributed by atoms with Crippen molar-refractivity contribution in [2.75, 3.05) is 13.2 Å². The maximum atomic E-state index is 14.3. The van der Waals surface area contributed by atoms with E-state index in [1.54, 1.807) is 25.7 Å². The number of ether oxygens (including phenoxy) is 2. The average Bonchev–Trinajstić information content (AvgIpc) is 3.96. The summed E-state index contributed by atoms with van der Waals surface area (Å²) in [5.41, 5.74) is 0.279. The van der Waals surface area contributed by atoms with Gasteiger partial charge in [-0.2, -0.15) is 0 Å². The molecule has 2 aliphatic carbocycles. The minimum absolute atomic E-state index is 0.0982. The average molecular weight is 724 g/mol. The number of amides is 5. The predicted molar refractivity (Wildman–Crippen MR) is 184 cm³/mol. The van der Waals surface area contributed by atoms with Crippen molar-refractivity contribution in [3.8, 4) is 11.8 Å². The molecule has 15 heteroatoms. The van der Waals surface area contributed by atoms with Gasteiger partial charge in [-0.25, -0.2) is 18.0 Å². The summed E-state index contributed by atoms with van der Waals surface area (Å²) in [4.78, 5) is 71.1. The van der Waals surface area contributed by atoms with Crippen LogP contribution >= 0.6 is 0 Å². The van der Waals surface area contributed by atoms with Gasteiger partial charge in [0.1, 0.15) is 23.7 Å². The van der Waals surface area contributed by atoms with Crippen molar-refractivity contribution in [2.45, 2.75) is 108 Å². The highest BCUT2D eigenvalue weighted by Crippen LogP contribution is 2.45. The number of carbonyl (C=O) groups excluding carboxylic acids is 5. The fraction of sp³-hybridized carbons (Fsp3) is 0.583. The molecule has 3 N–H and O–H groups in total. The van der Waals surface area contributed by atoms with E-state index in [-0.39, 0.29) is 32.5 Å². The molecule has 3 fully saturated rings. The van der Waals surface area contributed by atoms with Crippen molar-refractivity contribution in [2.24, 2.45) is 11.3 Å². The zero-order valence-corrected chi connectivity index (χ0v) is 30.0. The highest BCUT2D eigenvalue weighted by molar-refractivity contribution is 7.91. The van der Waals surface area contributed by atoms with E-state index in [2.05, 4.69) is 33.8 Å². The molecule has 5 amide bonds. The quantitative estimate of drug-likeness (QED) is 0.294. The van der Waals surface area contributed by atoms with Gasteiger partial charge in [0.15, 0.2) is 0 Å². The Morgan fingerprint density at radius 2 is 1.90 bits per heavy atom. The van der Waals surface area contributed by atoms with E-state index in [0.717, 1.165) is 16.7 Å². The maximum Gasteiger partial charge on any atom is 0.410 e. The van der Waals surface area contributed by atoms with E-state index >= 15 is 0 Å². The summed E-state index contributed by atoms with van der Waals surface area (Å²) < 4.78 is 38.7. The Balaban J connectivity index is 1.27. The topological polar surface area (TPSA) is 181 Å². The second-order valence-electron chi connectivity index (χ2n) is 15.1. The van der Waals surface area contributed by atoms with Crippen LogP contribution in [0.4, 0.5) is 9.59 Å². The first-order valence-corrected chi connectivity index (χ1v) is 19.0. The van der Waals surface area contributed by atoms with Crippen LogP contribution < -0.4 is 15.4 Å². The Morgan fingerprint density at radius 1 is 1.14 bits per heavy atom. The molecule has 6 rings (SSSR count). The first-order chi connectivity index (χ1) is 24.1. The molecule has 1 aromatic rings. The summed E-state index contributed by atoms with van der Waals surface area (Å²) in [5, 5.41) is 4.75. The van der Waals surface area contributed by atoms with Gasteiger partial charge in [-0.3, -0.25) is 24.0 Å². The normalized spacial score (nSPS) is 28.3. The lowest BCUT2D eigenvalue weighted by molar-refractivity contribution is -0.142. The second-order valence-corrected chi connectivity index (χ2v) is 17.0. The molecule has 274 valence electrons. The molecule has 3 heterocycles. The number of hydrogen-bond acceptors (Lipinski definition) is 9. The van der Waals surface area contributed by atoms with Crippen LogP contribution in [-0.4, -0.2) is 90.3 Å². The summed E-state index contributed by atoms with van der Waals surface area (Å²) in [6.45, 7) is 9.56. The van der Waals surface area contributed by atoms with Gasteiger partial charge in [0.2, 0.25) is 21.8 Å². The van der Waals surface area contributed by atoms with Crippen molar-refractivity contribution < 1.29 is 41.9 Å².